The molecule has 1 atom stereocenters. The highest BCUT2D eigenvalue weighted by Gasteiger charge is 2.35. The number of hydrogen-bond acceptors (Lipinski definition) is 5. The van der Waals surface area contributed by atoms with Gasteiger partial charge in [-0.3, -0.25) is 14.4 Å². The van der Waals surface area contributed by atoms with Gasteiger partial charge in [-0.15, -0.1) is 0 Å². The van der Waals surface area contributed by atoms with E-state index in [1.807, 2.05) is 0 Å². The molecule has 0 bridgehead atoms. The summed E-state index contributed by atoms with van der Waals surface area (Å²) in [6.07, 6.45) is 9.08. The summed E-state index contributed by atoms with van der Waals surface area (Å²) in [5.74, 6) is -0.728. The van der Waals surface area contributed by atoms with Gasteiger partial charge in [0, 0.05) is 18.1 Å². The Kier molecular flexibility index (Phi) is 12.6. The Bertz CT molecular complexity index is 792. The first-order valence-electron chi connectivity index (χ1n) is 11.7. The topological polar surface area (TPSA) is 84.9 Å². The van der Waals surface area contributed by atoms with E-state index in [4.69, 9.17) is 21.1 Å². The highest BCUT2D eigenvalue weighted by molar-refractivity contribution is 9.10. The number of amides is 2. The van der Waals surface area contributed by atoms with Crippen molar-refractivity contribution in [1.29, 1.82) is 0 Å². The van der Waals surface area contributed by atoms with Gasteiger partial charge in [-0.25, -0.2) is 0 Å². The first-order chi connectivity index (χ1) is 15.9. The number of piperazine rings is 1. The molecule has 0 radical (unpaired) electrons. The molecule has 1 aliphatic rings. The summed E-state index contributed by atoms with van der Waals surface area (Å²) in [6.45, 7) is 2.93. The molecule has 1 fully saturated rings. The lowest BCUT2D eigenvalue weighted by Crippen LogP contribution is -2.58. The van der Waals surface area contributed by atoms with Crippen LogP contribution in [0.3, 0.4) is 0 Å². The molecule has 0 spiro atoms. The van der Waals surface area contributed by atoms with E-state index in [9.17, 15) is 14.4 Å². The van der Waals surface area contributed by atoms with E-state index in [0.717, 1.165) is 19.3 Å². The van der Waals surface area contributed by atoms with Crippen molar-refractivity contribution in [3.63, 3.8) is 0 Å². The van der Waals surface area contributed by atoms with Crippen molar-refractivity contribution >= 4 is 45.3 Å². The first kappa shape index (κ1) is 27.4. The summed E-state index contributed by atoms with van der Waals surface area (Å²) in [4.78, 5) is 38.8. The first-order valence-corrected chi connectivity index (χ1v) is 12.9. The number of unbranched alkanes of at least 4 members (excludes halogenated alkanes) is 7. The van der Waals surface area contributed by atoms with Crippen LogP contribution in [0.15, 0.2) is 22.7 Å². The average Bonchev–Trinajstić information content (AvgIpc) is 2.78. The van der Waals surface area contributed by atoms with E-state index in [1.165, 1.54) is 37.0 Å². The van der Waals surface area contributed by atoms with E-state index < -0.39 is 12.0 Å². The minimum Gasteiger partial charge on any atom is -0.483 e. The van der Waals surface area contributed by atoms with Gasteiger partial charge in [0.15, 0.2) is 6.61 Å². The summed E-state index contributed by atoms with van der Waals surface area (Å²) in [5, 5.41) is 3.25. The van der Waals surface area contributed by atoms with Crippen molar-refractivity contribution in [3.05, 3.63) is 27.7 Å². The molecule has 7 nitrogen and oxygen atoms in total. The van der Waals surface area contributed by atoms with Crippen LogP contribution in [0.25, 0.3) is 0 Å². The second-order valence-corrected chi connectivity index (χ2v) is 9.45. The number of nitrogens with one attached hydrogen (secondary N) is 1. The van der Waals surface area contributed by atoms with Gasteiger partial charge < -0.3 is 19.7 Å². The van der Waals surface area contributed by atoms with Crippen LogP contribution in [0.2, 0.25) is 5.02 Å². The molecule has 1 saturated heterocycles. The van der Waals surface area contributed by atoms with Gasteiger partial charge >= 0.3 is 5.97 Å². The van der Waals surface area contributed by atoms with Gasteiger partial charge in [0.1, 0.15) is 11.8 Å². The molecule has 1 N–H and O–H groups in total. The number of carbonyl (C=O) groups is 3. The maximum absolute atomic E-state index is 12.7. The van der Waals surface area contributed by atoms with E-state index in [0.29, 0.717) is 34.9 Å². The lowest BCUT2D eigenvalue weighted by Gasteiger charge is -2.34. The molecule has 1 unspecified atom stereocenters. The number of benzene rings is 1. The zero-order valence-corrected chi connectivity index (χ0v) is 21.6. The highest BCUT2D eigenvalue weighted by Crippen LogP contribution is 2.28. The summed E-state index contributed by atoms with van der Waals surface area (Å²) in [6, 6.07) is 4.09. The average molecular weight is 546 g/mol. The number of esters is 1. The van der Waals surface area contributed by atoms with Crippen LogP contribution < -0.4 is 10.1 Å². The van der Waals surface area contributed by atoms with E-state index >= 15 is 0 Å². The molecule has 184 valence electrons. The maximum atomic E-state index is 12.7. The number of nitrogens with zero attached hydrogens (tertiary/aromatic N) is 1. The molecule has 1 aliphatic heterocycles. The lowest BCUT2D eigenvalue weighted by molar-refractivity contribution is -0.152. The number of ether oxygens (including phenoxy) is 2. The molecule has 1 heterocycles. The molecule has 33 heavy (non-hydrogen) atoms. The predicted molar refractivity (Wildman–Crippen MR) is 131 cm³/mol. The third-order valence-corrected chi connectivity index (χ3v) is 6.37. The molecule has 2 amide bonds. The number of halogens is 2. The molecule has 0 saturated carbocycles. The normalized spacial score (nSPS) is 15.8. The molecule has 0 aromatic heterocycles. The van der Waals surface area contributed by atoms with E-state index in [2.05, 4.69) is 28.2 Å². The summed E-state index contributed by atoms with van der Waals surface area (Å²) in [5.41, 5.74) is 0. The van der Waals surface area contributed by atoms with E-state index in [1.54, 1.807) is 18.2 Å². The van der Waals surface area contributed by atoms with Crippen molar-refractivity contribution in [2.45, 2.75) is 70.8 Å². The molecule has 0 aliphatic carbocycles. The van der Waals surface area contributed by atoms with Crippen molar-refractivity contribution in [1.82, 2.24) is 10.2 Å². The third kappa shape index (κ3) is 9.92. The van der Waals surface area contributed by atoms with Crippen molar-refractivity contribution in [3.8, 4) is 5.75 Å². The number of carbonyl (C=O) groups excluding carboxylic acids is 3. The summed E-state index contributed by atoms with van der Waals surface area (Å²) < 4.78 is 11.5. The predicted octanol–water partition coefficient (Wildman–Crippen LogP) is 4.88. The standard InChI is InChI=1S/C24H34BrClN2O5/c1-2-3-4-5-6-7-8-9-14-32-23(30)16-20-24(31)27-12-13-28(20)22(29)17-33-21-11-10-18(26)15-19(21)25/h10-11,15,20H,2-9,12-14,16-17H2,1H3,(H,27,31). The van der Waals surface area contributed by atoms with Crippen LogP contribution in [-0.4, -0.2) is 55.0 Å². The van der Waals surface area contributed by atoms with E-state index in [-0.39, 0.29) is 24.8 Å². The molecule has 9 heteroatoms. The zero-order chi connectivity index (χ0) is 24.1. The van der Waals surface area contributed by atoms with Gasteiger partial charge in [-0.05, 0) is 40.5 Å². The summed E-state index contributed by atoms with van der Waals surface area (Å²) in [7, 11) is 0. The van der Waals surface area contributed by atoms with Crippen LogP contribution in [0.5, 0.6) is 5.75 Å². The van der Waals surface area contributed by atoms with Gasteiger partial charge in [0.05, 0.1) is 17.5 Å². The fraction of sp³-hybridized carbons (Fsp3) is 0.625. The summed E-state index contributed by atoms with van der Waals surface area (Å²) >= 11 is 9.26. The minimum absolute atomic E-state index is 0.167. The molecule has 1 aromatic rings. The Balaban J connectivity index is 1.75. The largest absolute Gasteiger partial charge is 0.483 e. The zero-order valence-electron chi connectivity index (χ0n) is 19.2. The quantitative estimate of drug-likeness (QED) is 0.266. The SMILES string of the molecule is CCCCCCCCCCOC(=O)CC1C(=O)NCCN1C(=O)COc1ccc(Cl)cc1Br. The van der Waals surface area contributed by atoms with Crippen molar-refractivity contribution < 1.29 is 23.9 Å². The van der Waals surface area contributed by atoms with Gasteiger partial charge in [0.25, 0.3) is 5.91 Å². The van der Waals surface area contributed by atoms with Gasteiger partial charge in [0.2, 0.25) is 5.91 Å². The van der Waals surface area contributed by atoms with Crippen LogP contribution >= 0.6 is 27.5 Å². The fourth-order valence-electron chi connectivity index (χ4n) is 3.67. The maximum Gasteiger partial charge on any atom is 0.308 e. The fourth-order valence-corrected chi connectivity index (χ4v) is 4.47. The molecule has 2 rings (SSSR count). The van der Waals surface area contributed by atoms with Crippen LogP contribution in [-0.2, 0) is 19.1 Å². The Labute approximate surface area is 209 Å². The smallest absolute Gasteiger partial charge is 0.308 e. The van der Waals surface area contributed by atoms with Crippen LogP contribution in [0.1, 0.15) is 64.7 Å². The van der Waals surface area contributed by atoms with Crippen LogP contribution in [0.4, 0.5) is 0 Å². The monoisotopic (exact) mass is 544 g/mol. The molecular weight excluding hydrogens is 512 g/mol. The number of rotatable bonds is 14. The second-order valence-electron chi connectivity index (χ2n) is 8.16. The van der Waals surface area contributed by atoms with Crippen molar-refractivity contribution in [2.75, 3.05) is 26.3 Å². The Morgan fingerprint density at radius 3 is 2.55 bits per heavy atom. The third-order valence-electron chi connectivity index (χ3n) is 5.52. The Morgan fingerprint density at radius 1 is 1.15 bits per heavy atom. The van der Waals surface area contributed by atoms with Crippen LogP contribution in [0, 0.1) is 0 Å². The van der Waals surface area contributed by atoms with Gasteiger partial charge in [-0.1, -0.05) is 63.5 Å². The molecule has 1 aromatic carbocycles. The highest BCUT2D eigenvalue weighted by atomic mass is 79.9. The Hall–Kier alpha value is -1.80. The number of hydrogen-bond donors (Lipinski definition) is 1. The lowest BCUT2D eigenvalue weighted by atomic mass is 10.1. The van der Waals surface area contributed by atoms with Gasteiger partial charge in [-0.2, -0.15) is 0 Å². The van der Waals surface area contributed by atoms with Crippen molar-refractivity contribution in [2.24, 2.45) is 0 Å². The minimum atomic E-state index is -0.894. The Morgan fingerprint density at radius 2 is 1.85 bits per heavy atom. The molecular formula is C24H34BrClN2O5. The second kappa shape index (κ2) is 15.2.